The standard InChI is InChI=1S/C31H24N4O3/c1-37-27-17-16-20(19-28(27)38-2)18-25-31(36)35(30(34-25)21-10-4-3-5-11-21)26-15-9-6-12-22(26)29-32-23-13-7-8-14-24(23)33-29/h3-19H,1-2H3,(H,32,33)/b25-18-. The van der Waals surface area contributed by atoms with Crippen LogP contribution in [0.2, 0.25) is 0 Å². The summed E-state index contributed by atoms with van der Waals surface area (Å²) < 4.78 is 10.8. The van der Waals surface area contributed by atoms with Crippen LogP contribution < -0.4 is 14.4 Å². The summed E-state index contributed by atoms with van der Waals surface area (Å²) in [5.41, 5.74) is 5.19. The molecule has 7 heteroatoms. The van der Waals surface area contributed by atoms with E-state index in [1.807, 2.05) is 91.0 Å². The molecule has 0 radical (unpaired) electrons. The third-order valence-corrected chi connectivity index (χ3v) is 6.39. The molecule has 1 amide bonds. The lowest BCUT2D eigenvalue weighted by atomic mass is 10.1. The highest BCUT2D eigenvalue weighted by Crippen LogP contribution is 2.36. The van der Waals surface area contributed by atoms with Crippen molar-refractivity contribution in [2.45, 2.75) is 0 Å². The summed E-state index contributed by atoms with van der Waals surface area (Å²) in [4.78, 5) is 28.6. The average molecular weight is 501 g/mol. The highest BCUT2D eigenvalue weighted by atomic mass is 16.5. The fourth-order valence-electron chi connectivity index (χ4n) is 4.57. The van der Waals surface area contributed by atoms with E-state index in [0.717, 1.165) is 27.7 Å². The Morgan fingerprint density at radius 1 is 0.816 bits per heavy atom. The second-order valence-electron chi connectivity index (χ2n) is 8.71. The zero-order valence-electron chi connectivity index (χ0n) is 20.9. The molecule has 6 rings (SSSR count). The number of methoxy groups -OCH3 is 2. The van der Waals surface area contributed by atoms with Gasteiger partial charge in [0.25, 0.3) is 5.91 Å². The number of H-pyrrole nitrogens is 1. The number of rotatable bonds is 6. The van der Waals surface area contributed by atoms with Crippen LogP contribution in [-0.4, -0.2) is 35.9 Å². The van der Waals surface area contributed by atoms with Crippen LogP contribution >= 0.6 is 0 Å². The zero-order valence-corrected chi connectivity index (χ0v) is 20.9. The van der Waals surface area contributed by atoms with Crippen molar-refractivity contribution in [2.75, 3.05) is 19.1 Å². The lowest BCUT2D eigenvalue weighted by Crippen LogP contribution is -2.33. The van der Waals surface area contributed by atoms with E-state index in [9.17, 15) is 4.79 Å². The van der Waals surface area contributed by atoms with Crippen molar-refractivity contribution in [1.82, 2.24) is 9.97 Å². The first-order valence-electron chi connectivity index (χ1n) is 12.1. The summed E-state index contributed by atoms with van der Waals surface area (Å²) >= 11 is 0. The van der Waals surface area contributed by atoms with Crippen LogP contribution in [0.15, 0.2) is 108 Å². The van der Waals surface area contributed by atoms with Crippen molar-refractivity contribution in [3.63, 3.8) is 0 Å². The number of aliphatic imine (C=N–C) groups is 1. The Balaban J connectivity index is 1.49. The van der Waals surface area contributed by atoms with Gasteiger partial charge in [0.2, 0.25) is 0 Å². The third kappa shape index (κ3) is 4.10. The fraction of sp³-hybridized carbons (Fsp3) is 0.0645. The summed E-state index contributed by atoms with van der Waals surface area (Å²) in [6, 6.07) is 30.8. The van der Waals surface area contributed by atoms with Gasteiger partial charge in [-0.25, -0.2) is 9.98 Å². The van der Waals surface area contributed by atoms with Gasteiger partial charge in [0.05, 0.1) is 30.9 Å². The van der Waals surface area contributed by atoms with Gasteiger partial charge in [-0.3, -0.25) is 9.69 Å². The highest BCUT2D eigenvalue weighted by Gasteiger charge is 2.34. The third-order valence-electron chi connectivity index (χ3n) is 6.39. The van der Waals surface area contributed by atoms with Crippen LogP contribution in [-0.2, 0) is 4.79 Å². The summed E-state index contributed by atoms with van der Waals surface area (Å²) in [6.45, 7) is 0. The second kappa shape index (κ2) is 9.71. The van der Waals surface area contributed by atoms with Gasteiger partial charge < -0.3 is 14.5 Å². The Kier molecular flexibility index (Phi) is 5.94. The van der Waals surface area contributed by atoms with E-state index in [1.54, 1.807) is 31.3 Å². The summed E-state index contributed by atoms with van der Waals surface area (Å²) in [5, 5.41) is 0. The van der Waals surface area contributed by atoms with E-state index in [1.165, 1.54) is 0 Å². The Bertz CT molecular complexity index is 1690. The maximum atomic E-state index is 14.0. The molecule has 0 saturated heterocycles. The number of nitrogens with one attached hydrogen (secondary N) is 1. The number of para-hydroxylation sites is 3. The van der Waals surface area contributed by atoms with E-state index in [4.69, 9.17) is 19.5 Å². The number of imidazole rings is 1. The molecule has 1 aliphatic heterocycles. The molecule has 1 N–H and O–H groups in total. The molecule has 38 heavy (non-hydrogen) atoms. The quantitative estimate of drug-likeness (QED) is 0.287. The van der Waals surface area contributed by atoms with Crippen LogP contribution in [0.5, 0.6) is 11.5 Å². The largest absolute Gasteiger partial charge is 0.493 e. The van der Waals surface area contributed by atoms with E-state index in [2.05, 4.69) is 4.98 Å². The molecule has 0 fully saturated rings. The van der Waals surface area contributed by atoms with Crippen LogP contribution in [0, 0.1) is 0 Å². The molecule has 0 aliphatic carbocycles. The van der Waals surface area contributed by atoms with E-state index in [0.29, 0.717) is 34.5 Å². The van der Waals surface area contributed by atoms with Gasteiger partial charge in [0, 0.05) is 11.1 Å². The number of carbonyl (C=O) groups is 1. The van der Waals surface area contributed by atoms with Crippen molar-refractivity contribution in [3.05, 3.63) is 114 Å². The van der Waals surface area contributed by atoms with Crippen molar-refractivity contribution < 1.29 is 14.3 Å². The van der Waals surface area contributed by atoms with Crippen LogP contribution in [0.3, 0.4) is 0 Å². The Morgan fingerprint density at radius 2 is 1.55 bits per heavy atom. The number of benzene rings is 4. The number of aromatic nitrogens is 2. The van der Waals surface area contributed by atoms with Gasteiger partial charge >= 0.3 is 0 Å². The van der Waals surface area contributed by atoms with Gasteiger partial charge in [-0.2, -0.15) is 0 Å². The number of amides is 1. The molecule has 5 aromatic rings. The first-order chi connectivity index (χ1) is 18.7. The molecule has 4 aromatic carbocycles. The number of aromatic amines is 1. The number of amidine groups is 1. The molecule has 1 aromatic heterocycles. The Labute approximate surface area is 219 Å². The van der Waals surface area contributed by atoms with Crippen molar-refractivity contribution >= 4 is 34.5 Å². The number of fused-ring (bicyclic) bond motifs is 1. The average Bonchev–Trinajstić information content (AvgIpc) is 3.54. The van der Waals surface area contributed by atoms with E-state index >= 15 is 0 Å². The van der Waals surface area contributed by atoms with Crippen LogP contribution in [0.1, 0.15) is 11.1 Å². The summed E-state index contributed by atoms with van der Waals surface area (Å²) in [7, 11) is 3.17. The molecule has 2 heterocycles. The molecule has 0 saturated carbocycles. The molecule has 186 valence electrons. The lowest BCUT2D eigenvalue weighted by Gasteiger charge is -2.21. The second-order valence-corrected chi connectivity index (χ2v) is 8.71. The molecule has 1 aliphatic rings. The number of hydrogen-bond donors (Lipinski definition) is 1. The van der Waals surface area contributed by atoms with Gasteiger partial charge in [0.1, 0.15) is 17.4 Å². The lowest BCUT2D eigenvalue weighted by molar-refractivity contribution is -0.113. The van der Waals surface area contributed by atoms with Crippen molar-refractivity contribution in [1.29, 1.82) is 0 Å². The molecule has 0 spiro atoms. The first kappa shape index (κ1) is 23.2. The molecule has 0 bridgehead atoms. The molecular formula is C31H24N4O3. The Morgan fingerprint density at radius 3 is 2.34 bits per heavy atom. The number of nitrogens with zero attached hydrogens (tertiary/aromatic N) is 3. The topological polar surface area (TPSA) is 79.8 Å². The van der Waals surface area contributed by atoms with Gasteiger partial charge in [-0.05, 0) is 48.0 Å². The SMILES string of the molecule is COc1ccc(/C=C2\N=C(c3ccccc3)N(c3ccccc3-c3nc4ccccc4[nH]3)C2=O)cc1OC. The number of anilines is 1. The molecule has 0 unspecified atom stereocenters. The minimum atomic E-state index is -0.234. The minimum Gasteiger partial charge on any atom is -0.493 e. The van der Waals surface area contributed by atoms with E-state index < -0.39 is 0 Å². The van der Waals surface area contributed by atoms with Gasteiger partial charge in [-0.15, -0.1) is 0 Å². The fourth-order valence-corrected chi connectivity index (χ4v) is 4.57. The highest BCUT2D eigenvalue weighted by molar-refractivity contribution is 6.34. The predicted octanol–water partition coefficient (Wildman–Crippen LogP) is 6.08. The smallest absolute Gasteiger partial charge is 0.282 e. The monoisotopic (exact) mass is 500 g/mol. The normalized spacial score (nSPS) is 14.3. The maximum absolute atomic E-state index is 14.0. The van der Waals surface area contributed by atoms with E-state index in [-0.39, 0.29) is 5.91 Å². The van der Waals surface area contributed by atoms with Crippen molar-refractivity contribution in [2.24, 2.45) is 4.99 Å². The van der Waals surface area contributed by atoms with Gasteiger partial charge in [-0.1, -0.05) is 60.7 Å². The zero-order chi connectivity index (χ0) is 26.1. The minimum absolute atomic E-state index is 0.234. The van der Waals surface area contributed by atoms with Crippen molar-refractivity contribution in [3.8, 4) is 22.9 Å². The number of hydrogen-bond acceptors (Lipinski definition) is 5. The Hall–Kier alpha value is -5.17. The molecular weight excluding hydrogens is 476 g/mol. The van der Waals surface area contributed by atoms with Crippen LogP contribution in [0.4, 0.5) is 5.69 Å². The summed E-state index contributed by atoms with van der Waals surface area (Å²) in [5.74, 6) is 2.18. The maximum Gasteiger partial charge on any atom is 0.282 e. The molecule has 0 atom stereocenters. The number of ether oxygens (including phenoxy) is 2. The molecule has 7 nitrogen and oxygen atoms in total. The van der Waals surface area contributed by atoms with Gasteiger partial charge in [0.15, 0.2) is 11.5 Å². The summed E-state index contributed by atoms with van der Waals surface area (Å²) in [6.07, 6.45) is 1.76. The predicted molar refractivity (Wildman–Crippen MR) is 150 cm³/mol. The first-order valence-corrected chi connectivity index (χ1v) is 12.1. The van der Waals surface area contributed by atoms with Crippen LogP contribution in [0.25, 0.3) is 28.5 Å². The number of carbonyl (C=O) groups excluding carboxylic acids is 1.